The number of carbonyl (C=O) groups excluding carboxylic acids is 1. The van der Waals surface area contributed by atoms with E-state index in [0.717, 1.165) is 60.3 Å². The second-order valence-electron chi connectivity index (χ2n) is 8.52. The van der Waals surface area contributed by atoms with E-state index in [9.17, 15) is 18.0 Å². The summed E-state index contributed by atoms with van der Waals surface area (Å²) < 4.78 is 39.0. The Morgan fingerprint density at radius 3 is 2.26 bits per heavy atom. The average Bonchev–Trinajstić information content (AvgIpc) is 2.88. The van der Waals surface area contributed by atoms with Crippen molar-refractivity contribution in [3.8, 4) is 11.1 Å². The number of carbonyl (C=O) groups is 1. The summed E-state index contributed by atoms with van der Waals surface area (Å²) in [5, 5.41) is 8.25. The molecule has 4 nitrogen and oxygen atoms in total. The summed E-state index contributed by atoms with van der Waals surface area (Å²) in [5.74, 6) is -0.208. The third kappa shape index (κ3) is 4.86. The number of alkyl halides is 3. The number of benzene rings is 4. The van der Waals surface area contributed by atoms with E-state index in [4.69, 9.17) is 0 Å². The number of rotatable bonds is 4. The lowest BCUT2D eigenvalue weighted by Gasteiger charge is -2.31. The molecule has 4 aromatic carbocycles. The van der Waals surface area contributed by atoms with Crippen molar-refractivity contribution in [2.24, 2.45) is 0 Å². The van der Waals surface area contributed by atoms with E-state index < -0.39 is 11.7 Å². The van der Waals surface area contributed by atoms with Crippen molar-refractivity contribution >= 4 is 28.1 Å². The van der Waals surface area contributed by atoms with Gasteiger partial charge in [0.1, 0.15) is 0 Å². The molecule has 4 aromatic rings. The van der Waals surface area contributed by atoms with Crippen LogP contribution in [0.4, 0.5) is 24.5 Å². The Kier molecular flexibility index (Phi) is 6.17. The van der Waals surface area contributed by atoms with Crippen molar-refractivity contribution in [3.63, 3.8) is 0 Å². The van der Waals surface area contributed by atoms with Crippen LogP contribution >= 0.6 is 0 Å². The highest BCUT2D eigenvalue weighted by atomic mass is 19.4. The van der Waals surface area contributed by atoms with Crippen LogP contribution in [0.25, 0.3) is 21.9 Å². The van der Waals surface area contributed by atoms with Crippen LogP contribution in [0.5, 0.6) is 0 Å². The molecule has 1 amide bonds. The maximum absolute atomic E-state index is 13.3. The molecule has 2 N–H and O–H groups in total. The number of fused-ring (bicyclic) bond motifs is 1. The van der Waals surface area contributed by atoms with Crippen molar-refractivity contribution < 1.29 is 18.0 Å². The molecule has 0 atom stereocenters. The molecule has 0 saturated carbocycles. The predicted molar refractivity (Wildman–Crippen MR) is 134 cm³/mol. The zero-order chi connectivity index (χ0) is 24.4. The normalized spacial score (nSPS) is 14.2. The Balaban J connectivity index is 1.50. The summed E-state index contributed by atoms with van der Waals surface area (Å²) in [6.45, 7) is 3.13. The minimum atomic E-state index is -4.37. The van der Waals surface area contributed by atoms with E-state index in [-0.39, 0.29) is 5.91 Å². The SMILES string of the molecule is O=C(Nc1ccc(-c2ccc(C(F)(F)F)cc2)cc1N1CCNCC1)c1cccc2ccccc12. The summed E-state index contributed by atoms with van der Waals surface area (Å²) in [6.07, 6.45) is -4.37. The van der Waals surface area contributed by atoms with Crippen molar-refractivity contribution in [2.75, 3.05) is 36.4 Å². The molecule has 0 aromatic heterocycles. The first-order valence-electron chi connectivity index (χ1n) is 11.5. The average molecular weight is 476 g/mol. The van der Waals surface area contributed by atoms with Gasteiger partial charge in [-0.15, -0.1) is 0 Å². The van der Waals surface area contributed by atoms with E-state index in [2.05, 4.69) is 15.5 Å². The zero-order valence-electron chi connectivity index (χ0n) is 18.9. The molecule has 0 spiro atoms. The number of anilines is 2. The predicted octanol–water partition coefficient (Wildman–Crippen LogP) is 6.19. The second-order valence-corrected chi connectivity index (χ2v) is 8.52. The summed E-state index contributed by atoms with van der Waals surface area (Å²) in [7, 11) is 0. The fourth-order valence-electron chi connectivity index (χ4n) is 4.45. The van der Waals surface area contributed by atoms with Crippen LogP contribution < -0.4 is 15.5 Å². The molecule has 0 bridgehead atoms. The summed E-state index contributed by atoms with van der Waals surface area (Å²) in [4.78, 5) is 15.5. The van der Waals surface area contributed by atoms with E-state index >= 15 is 0 Å². The summed E-state index contributed by atoms with van der Waals surface area (Å²) >= 11 is 0. The van der Waals surface area contributed by atoms with E-state index in [1.54, 1.807) is 6.07 Å². The second kappa shape index (κ2) is 9.43. The lowest BCUT2D eigenvalue weighted by Crippen LogP contribution is -2.43. The summed E-state index contributed by atoms with van der Waals surface area (Å²) in [6, 6.07) is 24.1. The van der Waals surface area contributed by atoms with Crippen LogP contribution in [0.15, 0.2) is 84.9 Å². The molecule has 7 heteroatoms. The molecule has 178 valence electrons. The third-order valence-corrected chi connectivity index (χ3v) is 6.28. The third-order valence-electron chi connectivity index (χ3n) is 6.28. The van der Waals surface area contributed by atoms with Gasteiger partial charge in [0, 0.05) is 31.7 Å². The largest absolute Gasteiger partial charge is 0.416 e. The van der Waals surface area contributed by atoms with Crippen LogP contribution in [0.2, 0.25) is 0 Å². The number of amides is 1. The first-order valence-corrected chi connectivity index (χ1v) is 11.5. The quantitative estimate of drug-likeness (QED) is 0.370. The first-order chi connectivity index (χ1) is 16.9. The van der Waals surface area contributed by atoms with E-state index in [1.165, 1.54) is 12.1 Å². The van der Waals surface area contributed by atoms with Gasteiger partial charge in [-0.2, -0.15) is 13.2 Å². The highest BCUT2D eigenvalue weighted by molar-refractivity contribution is 6.14. The fraction of sp³-hybridized carbons (Fsp3) is 0.179. The maximum Gasteiger partial charge on any atom is 0.416 e. The standard InChI is InChI=1S/C28H24F3N3O/c29-28(30,31)22-11-8-19(9-12-22)21-10-13-25(26(18-21)34-16-14-32-15-17-34)33-27(35)24-7-3-5-20-4-1-2-6-23(20)24/h1-13,18,32H,14-17H2,(H,33,35). The molecule has 0 aliphatic carbocycles. The van der Waals surface area contributed by atoms with Crippen molar-refractivity contribution in [3.05, 3.63) is 96.1 Å². The van der Waals surface area contributed by atoms with Gasteiger partial charge in [-0.25, -0.2) is 0 Å². The molecule has 5 rings (SSSR count). The molecule has 0 radical (unpaired) electrons. The van der Waals surface area contributed by atoms with E-state index in [1.807, 2.05) is 54.6 Å². The van der Waals surface area contributed by atoms with Crippen molar-refractivity contribution in [1.29, 1.82) is 0 Å². The van der Waals surface area contributed by atoms with Crippen LogP contribution in [0.3, 0.4) is 0 Å². The van der Waals surface area contributed by atoms with Gasteiger partial charge in [-0.1, -0.05) is 54.6 Å². The number of hydrogen-bond acceptors (Lipinski definition) is 3. The number of nitrogens with zero attached hydrogens (tertiary/aromatic N) is 1. The van der Waals surface area contributed by atoms with Crippen molar-refractivity contribution in [1.82, 2.24) is 5.32 Å². The summed E-state index contributed by atoms with van der Waals surface area (Å²) in [5.41, 5.74) is 2.89. The molecule has 35 heavy (non-hydrogen) atoms. The maximum atomic E-state index is 13.3. The molecule has 1 fully saturated rings. The Bertz CT molecular complexity index is 1350. The van der Waals surface area contributed by atoms with Crippen molar-refractivity contribution in [2.45, 2.75) is 6.18 Å². The van der Waals surface area contributed by atoms with Gasteiger partial charge in [-0.05, 0) is 52.2 Å². The Morgan fingerprint density at radius 2 is 1.51 bits per heavy atom. The molecule has 1 heterocycles. The van der Waals surface area contributed by atoms with Crippen LogP contribution in [-0.2, 0) is 6.18 Å². The smallest absolute Gasteiger partial charge is 0.367 e. The van der Waals surface area contributed by atoms with Gasteiger partial charge in [0.25, 0.3) is 5.91 Å². The molecule has 0 unspecified atom stereocenters. The fourth-order valence-corrected chi connectivity index (χ4v) is 4.45. The number of halogens is 3. The van der Waals surface area contributed by atoms with E-state index in [0.29, 0.717) is 16.8 Å². The number of nitrogens with one attached hydrogen (secondary N) is 2. The van der Waals surface area contributed by atoms with Crippen LogP contribution in [-0.4, -0.2) is 32.1 Å². The molecular weight excluding hydrogens is 451 g/mol. The minimum Gasteiger partial charge on any atom is -0.367 e. The van der Waals surface area contributed by atoms with Gasteiger partial charge in [0.05, 0.1) is 16.9 Å². The van der Waals surface area contributed by atoms with Gasteiger partial charge in [-0.3, -0.25) is 4.79 Å². The first kappa shape index (κ1) is 22.9. The van der Waals surface area contributed by atoms with Crippen LogP contribution in [0.1, 0.15) is 15.9 Å². The molecule has 1 aliphatic rings. The Hall–Kier alpha value is -3.84. The molecule has 1 saturated heterocycles. The lowest BCUT2D eigenvalue weighted by atomic mass is 10.0. The number of hydrogen-bond donors (Lipinski definition) is 2. The Labute approximate surface area is 201 Å². The van der Waals surface area contributed by atoms with Gasteiger partial charge >= 0.3 is 6.18 Å². The zero-order valence-corrected chi connectivity index (χ0v) is 18.9. The lowest BCUT2D eigenvalue weighted by molar-refractivity contribution is -0.137. The molecular formula is C28H24F3N3O. The monoisotopic (exact) mass is 475 g/mol. The molecule has 1 aliphatic heterocycles. The van der Waals surface area contributed by atoms with Gasteiger partial charge < -0.3 is 15.5 Å². The van der Waals surface area contributed by atoms with Gasteiger partial charge in [0.15, 0.2) is 0 Å². The Morgan fingerprint density at radius 1 is 0.829 bits per heavy atom. The van der Waals surface area contributed by atoms with Crippen LogP contribution in [0, 0.1) is 0 Å². The topological polar surface area (TPSA) is 44.4 Å². The minimum absolute atomic E-state index is 0.208. The van der Waals surface area contributed by atoms with Gasteiger partial charge in [0.2, 0.25) is 0 Å². The number of piperazine rings is 1. The highest BCUT2D eigenvalue weighted by Gasteiger charge is 2.30. The highest BCUT2D eigenvalue weighted by Crippen LogP contribution is 2.35.